The third-order valence-electron chi connectivity index (χ3n) is 8.96. The van der Waals surface area contributed by atoms with Crippen molar-refractivity contribution in [2.24, 2.45) is 5.92 Å². The smallest absolute Gasteiger partial charge is 0.405 e. The number of benzene rings is 1. The van der Waals surface area contributed by atoms with Gasteiger partial charge in [-0.15, -0.1) is 0 Å². The fourth-order valence-corrected chi connectivity index (χ4v) is 6.12. The molecule has 5 N–H and O–H groups in total. The highest BCUT2D eigenvalue weighted by molar-refractivity contribution is 6.13. The number of aromatic nitrogens is 3. The zero-order valence-corrected chi connectivity index (χ0v) is 32.3. The standard InChI is InChI=1S/C38H52N8O9/c1-7-54-21-27-42-32-33(46(27)22-38(5,6)55-20-18-39-28(47)15-9-8-12-19-45-29(48)16-17-30(45)49)25-13-10-11-14-26(25)41-34(32)44-35(50)24(4)40-36(51)31(23(2)3)43-37(52)53/h10-11,13-14,16-17,23-24,31,43H,7-9,12,15,18-22H2,1-6H3,(H,39,47)(H,40,51)(H,52,53)(H,41,44,50)/t24-,31-/m0/s1. The van der Waals surface area contributed by atoms with Crippen molar-refractivity contribution in [3.63, 3.8) is 0 Å². The molecule has 17 heteroatoms. The van der Waals surface area contributed by atoms with Crippen molar-refractivity contribution in [3.05, 3.63) is 42.2 Å². The average molecular weight is 765 g/mol. The van der Waals surface area contributed by atoms with Gasteiger partial charge in [-0.3, -0.25) is 28.9 Å². The number of para-hydroxylation sites is 1. The molecule has 6 amide bonds. The molecule has 0 saturated heterocycles. The first kappa shape index (κ1) is 42.3. The van der Waals surface area contributed by atoms with Crippen molar-refractivity contribution in [3.8, 4) is 0 Å². The van der Waals surface area contributed by atoms with Crippen molar-refractivity contribution in [2.75, 3.05) is 31.6 Å². The quantitative estimate of drug-likeness (QED) is 0.0782. The van der Waals surface area contributed by atoms with Crippen molar-refractivity contribution in [1.29, 1.82) is 0 Å². The van der Waals surface area contributed by atoms with Gasteiger partial charge in [0.2, 0.25) is 17.7 Å². The number of anilines is 1. The minimum absolute atomic E-state index is 0.116. The number of nitrogens with zero attached hydrogens (tertiary/aromatic N) is 4. The number of fused-ring (bicyclic) bond motifs is 3. The predicted molar refractivity (Wildman–Crippen MR) is 204 cm³/mol. The van der Waals surface area contributed by atoms with Gasteiger partial charge in [0.05, 0.1) is 29.8 Å². The van der Waals surface area contributed by atoms with E-state index in [1.54, 1.807) is 13.8 Å². The van der Waals surface area contributed by atoms with Gasteiger partial charge in [-0.1, -0.05) is 38.5 Å². The molecule has 1 aliphatic heterocycles. The number of hydrogen-bond acceptors (Lipinski definition) is 10. The van der Waals surface area contributed by atoms with E-state index < -0.39 is 35.6 Å². The summed E-state index contributed by atoms with van der Waals surface area (Å²) in [6.45, 7) is 12.4. The highest BCUT2D eigenvalue weighted by atomic mass is 16.5. The van der Waals surface area contributed by atoms with E-state index in [1.165, 1.54) is 24.0 Å². The average Bonchev–Trinajstić information content (AvgIpc) is 3.65. The normalized spacial score (nSPS) is 14.1. The number of imide groups is 1. The van der Waals surface area contributed by atoms with E-state index in [0.717, 1.165) is 5.39 Å². The molecule has 298 valence electrons. The van der Waals surface area contributed by atoms with Crippen LogP contribution in [0.25, 0.3) is 21.9 Å². The number of carboxylic acid groups (broad SMARTS) is 1. The lowest BCUT2D eigenvalue weighted by molar-refractivity contribution is -0.137. The highest BCUT2D eigenvalue weighted by Crippen LogP contribution is 2.32. The van der Waals surface area contributed by atoms with Crippen LogP contribution < -0.4 is 21.3 Å². The number of pyridine rings is 1. The van der Waals surface area contributed by atoms with Crippen molar-refractivity contribution >= 4 is 63.4 Å². The van der Waals surface area contributed by atoms with Crippen LogP contribution in [0.15, 0.2) is 36.4 Å². The number of hydrogen-bond donors (Lipinski definition) is 5. The van der Waals surface area contributed by atoms with Crippen LogP contribution in [0.3, 0.4) is 0 Å². The zero-order valence-electron chi connectivity index (χ0n) is 32.3. The summed E-state index contributed by atoms with van der Waals surface area (Å²) in [7, 11) is 0. The number of ether oxygens (including phenoxy) is 2. The fourth-order valence-electron chi connectivity index (χ4n) is 6.12. The minimum Gasteiger partial charge on any atom is -0.465 e. The summed E-state index contributed by atoms with van der Waals surface area (Å²) in [5, 5.41) is 20.4. The second-order valence-electron chi connectivity index (χ2n) is 14.2. The number of unbranched alkanes of at least 4 members (excludes halogenated alkanes) is 2. The molecule has 3 heterocycles. The van der Waals surface area contributed by atoms with Gasteiger partial charge in [0, 0.05) is 43.7 Å². The molecule has 4 rings (SSSR count). The van der Waals surface area contributed by atoms with Gasteiger partial charge >= 0.3 is 6.09 Å². The van der Waals surface area contributed by atoms with Crippen LogP contribution in [0.5, 0.6) is 0 Å². The Hall–Kier alpha value is -5.42. The summed E-state index contributed by atoms with van der Waals surface area (Å²) < 4.78 is 14.0. The number of nitrogens with one attached hydrogen (secondary N) is 4. The minimum atomic E-state index is -1.35. The Morgan fingerprint density at radius 1 is 0.945 bits per heavy atom. The van der Waals surface area contributed by atoms with Gasteiger partial charge in [-0.05, 0) is 52.5 Å². The Bertz CT molecular complexity index is 1900. The van der Waals surface area contributed by atoms with Gasteiger partial charge in [0.15, 0.2) is 5.82 Å². The lowest BCUT2D eigenvalue weighted by atomic mass is 10.0. The first-order valence-corrected chi connectivity index (χ1v) is 18.5. The topological polar surface area (TPSA) is 223 Å². The molecule has 55 heavy (non-hydrogen) atoms. The summed E-state index contributed by atoms with van der Waals surface area (Å²) >= 11 is 0. The number of rotatable bonds is 21. The van der Waals surface area contributed by atoms with Gasteiger partial charge < -0.3 is 40.4 Å². The Labute approximate surface area is 319 Å². The monoisotopic (exact) mass is 764 g/mol. The van der Waals surface area contributed by atoms with Crippen LogP contribution in [0.4, 0.5) is 10.6 Å². The molecule has 0 radical (unpaired) electrons. The summed E-state index contributed by atoms with van der Waals surface area (Å²) in [6, 6.07) is 5.34. The van der Waals surface area contributed by atoms with E-state index >= 15 is 0 Å². The Balaban J connectivity index is 1.43. The first-order chi connectivity index (χ1) is 26.1. The van der Waals surface area contributed by atoms with E-state index in [1.807, 2.05) is 49.6 Å². The van der Waals surface area contributed by atoms with Gasteiger partial charge in [-0.2, -0.15) is 0 Å². The van der Waals surface area contributed by atoms with E-state index in [0.29, 0.717) is 74.3 Å². The molecule has 3 aromatic rings. The molecule has 0 spiro atoms. The maximum Gasteiger partial charge on any atom is 0.405 e. The van der Waals surface area contributed by atoms with E-state index in [9.17, 15) is 28.8 Å². The van der Waals surface area contributed by atoms with E-state index in [2.05, 4.69) is 21.3 Å². The zero-order chi connectivity index (χ0) is 40.3. The van der Waals surface area contributed by atoms with Crippen molar-refractivity contribution in [2.45, 2.75) is 98.1 Å². The van der Waals surface area contributed by atoms with Gasteiger partial charge in [-0.25, -0.2) is 14.8 Å². The molecular formula is C38H52N8O9. The molecule has 0 aliphatic carbocycles. The van der Waals surface area contributed by atoms with Crippen LogP contribution in [0.2, 0.25) is 0 Å². The summed E-state index contributed by atoms with van der Waals surface area (Å²) in [5.41, 5.74) is 0.944. The molecule has 0 fully saturated rings. The largest absolute Gasteiger partial charge is 0.465 e. The third kappa shape index (κ3) is 11.5. The Morgan fingerprint density at radius 2 is 1.65 bits per heavy atom. The predicted octanol–water partition coefficient (Wildman–Crippen LogP) is 3.25. The van der Waals surface area contributed by atoms with Crippen LogP contribution in [-0.2, 0) is 46.6 Å². The van der Waals surface area contributed by atoms with E-state index in [-0.39, 0.29) is 42.7 Å². The molecule has 0 saturated carbocycles. The number of carbonyl (C=O) groups excluding carboxylic acids is 5. The molecule has 1 aliphatic rings. The SMILES string of the molecule is CCOCc1nc2c(NC(=O)[C@H](C)NC(=O)[C@@H](NC(=O)O)C(C)C)nc3ccccc3c2n1CC(C)(C)OCCNC(=O)CCCCCN1C(=O)C=CC1=O. The maximum atomic E-state index is 13.5. The summed E-state index contributed by atoms with van der Waals surface area (Å²) in [5.74, 6) is -1.54. The first-order valence-electron chi connectivity index (χ1n) is 18.5. The lowest BCUT2D eigenvalue weighted by Crippen LogP contribution is -2.53. The highest BCUT2D eigenvalue weighted by Gasteiger charge is 2.29. The van der Waals surface area contributed by atoms with E-state index in [4.69, 9.17) is 24.5 Å². The van der Waals surface area contributed by atoms with Crippen LogP contribution >= 0.6 is 0 Å². The van der Waals surface area contributed by atoms with Crippen LogP contribution in [0, 0.1) is 5.92 Å². The number of imidazole rings is 1. The molecule has 0 unspecified atom stereocenters. The van der Waals surface area contributed by atoms with Crippen LogP contribution in [0.1, 0.15) is 73.1 Å². The van der Waals surface area contributed by atoms with Crippen LogP contribution in [-0.4, -0.2) is 104 Å². The molecular weight excluding hydrogens is 712 g/mol. The fraction of sp³-hybridized carbons (Fsp3) is 0.526. The number of carbonyl (C=O) groups is 6. The van der Waals surface area contributed by atoms with Crippen molar-refractivity contribution in [1.82, 2.24) is 35.4 Å². The van der Waals surface area contributed by atoms with Gasteiger partial charge in [0.1, 0.15) is 30.0 Å². The molecule has 1 aromatic carbocycles. The summed E-state index contributed by atoms with van der Waals surface area (Å²) in [4.78, 5) is 84.2. The number of amides is 6. The molecule has 2 atom stereocenters. The second kappa shape index (κ2) is 19.3. The third-order valence-corrected chi connectivity index (χ3v) is 8.96. The maximum absolute atomic E-state index is 13.5. The Kier molecular flexibility index (Phi) is 14.8. The summed E-state index contributed by atoms with van der Waals surface area (Å²) in [6.07, 6.45) is 3.44. The molecule has 2 aromatic heterocycles. The lowest BCUT2D eigenvalue weighted by Gasteiger charge is -2.27. The van der Waals surface area contributed by atoms with Gasteiger partial charge in [0.25, 0.3) is 11.8 Å². The second-order valence-corrected chi connectivity index (χ2v) is 14.2. The molecule has 0 bridgehead atoms. The molecule has 17 nitrogen and oxygen atoms in total. The Morgan fingerprint density at radius 3 is 2.33 bits per heavy atom. The van der Waals surface area contributed by atoms with Crippen molar-refractivity contribution < 1.29 is 43.3 Å².